The van der Waals surface area contributed by atoms with Gasteiger partial charge in [-0.15, -0.1) is 10.2 Å². The van der Waals surface area contributed by atoms with E-state index in [-0.39, 0.29) is 18.0 Å². The molecule has 1 aromatic heterocycles. The molecule has 0 unspecified atom stereocenters. The van der Waals surface area contributed by atoms with Crippen LogP contribution in [0.3, 0.4) is 0 Å². The molecule has 0 aliphatic carbocycles. The molecule has 1 atom stereocenters. The number of tetrazole rings is 1. The Labute approximate surface area is 112 Å². The number of H-pyrrole nitrogens is 1. The van der Waals surface area contributed by atoms with Gasteiger partial charge in [0.05, 0.1) is 0 Å². The number of amides is 1. The highest BCUT2D eigenvalue weighted by Crippen LogP contribution is 2.11. The lowest BCUT2D eigenvalue weighted by Crippen LogP contribution is -2.42. The molecule has 4 N–H and O–H groups in total. The van der Waals surface area contributed by atoms with E-state index in [0.717, 1.165) is 0 Å². The van der Waals surface area contributed by atoms with E-state index >= 15 is 0 Å². The summed E-state index contributed by atoms with van der Waals surface area (Å²) in [6.45, 7) is 0. The van der Waals surface area contributed by atoms with Gasteiger partial charge >= 0.3 is 5.97 Å². The molecular weight excluding hydrogens is 266 g/mol. The minimum atomic E-state index is -1.19. The summed E-state index contributed by atoms with van der Waals surface area (Å²) in [7, 11) is 0. The Morgan fingerprint density at radius 2 is 2.00 bits per heavy atom. The van der Waals surface area contributed by atoms with Crippen molar-refractivity contribution in [1.29, 1.82) is 0 Å². The van der Waals surface area contributed by atoms with Gasteiger partial charge in [-0.1, -0.05) is 12.1 Å². The number of phenolic OH excluding ortho intramolecular Hbond substituents is 1. The van der Waals surface area contributed by atoms with Crippen LogP contribution >= 0.6 is 0 Å². The quantitative estimate of drug-likeness (QED) is 0.568. The van der Waals surface area contributed by atoms with E-state index in [1.54, 1.807) is 12.1 Å². The Bertz CT molecular complexity index is 596. The van der Waals surface area contributed by atoms with Gasteiger partial charge in [0.25, 0.3) is 11.7 Å². The molecule has 1 heterocycles. The molecule has 2 aromatic rings. The number of phenols is 1. The van der Waals surface area contributed by atoms with Crippen LogP contribution in [0.4, 0.5) is 0 Å². The number of carbonyl (C=O) groups excluding carboxylic acids is 1. The number of benzene rings is 1. The predicted octanol–water partition coefficient (Wildman–Crippen LogP) is -0.669. The molecule has 0 saturated heterocycles. The van der Waals surface area contributed by atoms with Crippen molar-refractivity contribution >= 4 is 11.9 Å². The molecule has 0 radical (unpaired) electrons. The van der Waals surface area contributed by atoms with Gasteiger partial charge in [-0.25, -0.2) is 4.79 Å². The summed E-state index contributed by atoms with van der Waals surface area (Å²) < 4.78 is 0. The van der Waals surface area contributed by atoms with Crippen LogP contribution in [-0.2, 0) is 11.2 Å². The number of nitrogens with one attached hydrogen (secondary N) is 2. The molecule has 9 nitrogen and oxygen atoms in total. The maximum absolute atomic E-state index is 11.7. The maximum Gasteiger partial charge on any atom is 0.326 e. The van der Waals surface area contributed by atoms with Crippen molar-refractivity contribution in [3.8, 4) is 5.75 Å². The summed E-state index contributed by atoms with van der Waals surface area (Å²) in [4.78, 5) is 22.8. The van der Waals surface area contributed by atoms with Crippen LogP contribution in [0.2, 0.25) is 0 Å². The third-order valence-corrected chi connectivity index (χ3v) is 2.53. The fraction of sp³-hybridized carbons (Fsp3) is 0.182. The SMILES string of the molecule is O=C(N[C@H](Cc1ccc(O)cc1)C(=O)O)c1nn[nH]n1. The number of carboxylic acid groups (broad SMARTS) is 1. The van der Waals surface area contributed by atoms with Gasteiger partial charge in [-0.2, -0.15) is 5.21 Å². The Balaban J connectivity index is 2.06. The van der Waals surface area contributed by atoms with Crippen molar-refractivity contribution in [2.75, 3.05) is 0 Å². The van der Waals surface area contributed by atoms with E-state index in [9.17, 15) is 9.59 Å². The van der Waals surface area contributed by atoms with Crippen molar-refractivity contribution in [3.63, 3.8) is 0 Å². The Morgan fingerprint density at radius 1 is 1.30 bits per heavy atom. The van der Waals surface area contributed by atoms with Gasteiger partial charge in [-0.05, 0) is 22.9 Å². The fourth-order valence-electron chi connectivity index (χ4n) is 1.55. The number of carbonyl (C=O) groups is 2. The van der Waals surface area contributed by atoms with Gasteiger partial charge < -0.3 is 15.5 Å². The number of aromatic hydroxyl groups is 1. The average molecular weight is 277 g/mol. The van der Waals surface area contributed by atoms with Crippen LogP contribution in [0.15, 0.2) is 24.3 Å². The van der Waals surface area contributed by atoms with Gasteiger partial charge in [0.1, 0.15) is 11.8 Å². The van der Waals surface area contributed by atoms with E-state index in [4.69, 9.17) is 10.2 Å². The number of hydrogen-bond donors (Lipinski definition) is 4. The van der Waals surface area contributed by atoms with Crippen molar-refractivity contribution in [1.82, 2.24) is 25.9 Å². The molecule has 1 aromatic carbocycles. The molecule has 0 fully saturated rings. The van der Waals surface area contributed by atoms with Crippen LogP contribution in [0.5, 0.6) is 5.75 Å². The smallest absolute Gasteiger partial charge is 0.326 e. The zero-order valence-corrected chi connectivity index (χ0v) is 10.1. The molecule has 104 valence electrons. The Hall–Kier alpha value is -2.97. The summed E-state index contributed by atoms with van der Waals surface area (Å²) in [5.74, 6) is -2.07. The molecule has 2 rings (SSSR count). The van der Waals surface area contributed by atoms with Gasteiger partial charge in [0.15, 0.2) is 0 Å². The van der Waals surface area contributed by atoms with Gasteiger partial charge in [0, 0.05) is 6.42 Å². The monoisotopic (exact) mass is 277 g/mol. The normalized spacial score (nSPS) is 11.8. The van der Waals surface area contributed by atoms with Gasteiger partial charge in [-0.3, -0.25) is 4.79 Å². The first-order valence-corrected chi connectivity index (χ1v) is 5.61. The number of carboxylic acids is 1. The van der Waals surface area contributed by atoms with E-state index in [1.807, 2.05) is 0 Å². The van der Waals surface area contributed by atoms with Crippen LogP contribution in [0, 0.1) is 0 Å². The summed E-state index contributed by atoms with van der Waals surface area (Å²) >= 11 is 0. The number of hydrogen-bond acceptors (Lipinski definition) is 6. The number of aromatic nitrogens is 4. The third-order valence-electron chi connectivity index (χ3n) is 2.53. The van der Waals surface area contributed by atoms with Crippen molar-refractivity contribution in [2.45, 2.75) is 12.5 Å². The lowest BCUT2D eigenvalue weighted by atomic mass is 10.1. The second kappa shape index (κ2) is 5.78. The minimum Gasteiger partial charge on any atom is -0.508 e. The maximum atomic E-state index is 11.7. The number of rotatable bonds is 5. The average Bonchev–Trinajstić information content (AvgIpc) is 2.94. The van der Waals surface area contributed by atoms with Crippen LogP contribution in [0.25, 0.3) is 0 Å². The molecule has 0 aliphatic rings. The van der Waals surface area contributed by atoms with Crippen LogP contribution in [-0.4, -0.2) is 48.8 Å². The molecule has 1 amide bonds. The van der Waals surface area contributed by atoms with Crippen molar-refractivity contribution < 1.29 is 19.8 Å². The molecule has 0 spiro atoms. The number of nitrogens with zero attached hydrogens (tertiary/aromatic N) is 3. The molecule has 0 saturated carbocycles. The minimum absolute atomic E-state index is 0.0687. The summed E-state index contributed by atoms with van der Waals surface area (Å²) in [5, 5.41) is 32.8. The first-order valence-electron chi connectivity index (χ1n) is 5.61. The van der Waals surface area contributed by atoms with Crippen molar-refractivity contribution in [3.05, 3.63) is 35.7 Å². The second-order valence-electron chi connectivity index (χ2n) is 3.97. The summed E-state index contributed by atoms with van der Waals surface area (Å²) in [5.41, 5.74) is 0.656. The topological polar surface area (TPSA) is 141 Å². The van der Waals surface area contributed by atoms with Crippen molar-refractivity contribution in [2.24, 2.45) is 0 Å². The van der Waals surface area contributed by atoms with Crippen LogP contribution < -0.4 is 5.32 Å². The number of aliphatic carboxylic acids is 1. The lowest BCUT2D eigenvalue weighted by molar-refractivity contribution is -0.139. The van der Waals surface area contributed by atoms with Crippen LogP contribution in [0.1, 0.15) is 16.2 Å². The van der Waals surface area contributed by atoms with Gasteiger partial charge in [0.2, 0.25) is 0 Å². The molecule has 0 bridgehead atoms. The molecule has 20 heavy (non-hydrogen) atoms. The number of aromatic amines is 1. The van der Waals surface area contributed by atoms with E-state index in [2.05, 4.69) is 25.9 Å². The highest BCUT2D eigenvalue weighted by Gasteiger charge is 2.23. The lowest BCUT2D eigenvalue weighted by Gasteiger charge is -2.13. The Morgan fingerprint density at radius 3 is 2.55 bits per heavy atom. The standard InChI is InChI=1S/C11H11N5O4/c17-7-3-1-6(2-4-7)5-8(11(19)20)12-10(18)9-13-15-16-14-9/h1-4,8,17H,5H2,(H,12,18)(H,19,20)(H,13,14,15,16)/t8-/m1/s1. The molecular formula is C11H11N5O4. The predicted molar refractivity (Wildman–Crippen MR) is 64.9 cm³/mol. The zero-order valence-electron chi connectivity index (χ0n) is 10.1. The first-order chi connectivity index (χ1) is 9.56. The summed E-state index contributed by atoms with van der Waals surface area (Å²) in [6, 6.07) is 4.90. The highest BCUT2D eigenvalue weighted by atomic mass is 16.4. The second-order valence-corrected chi connectivity index (χ2v) is 3.97. The fourth-order valence-corrected chi connectivity index (χ4v) is 1.55. The highest BCUT2D eigenvalue weighted by molar-refractivity contribution is 5.93. The summed E-state index contributed by atoms with van der Waals surface area (Å²) in [6.07, 6.45) is 0.0687. The zero-order chi connectivity index (χ0) is 14.5. The molecule has 9 heteroatoms. The van der Waals surface area contributed by atoms with E-state index in [1.165, 1.54) is 12.1 Å². The Kier molecular flexibility index (Phi) is 3.89. The van der Waals surface area contributed by atoms with E-state index < -0.39 is 17.9 Å². The first kappa shape index (κ1) is 13.5. The molecule has 0 aliphatic heterocycles. The largest absolute Gasteiger partial charge is 0.508 e. The third kappa shape index (κ3) is 3.28. The van der Waals surface area contributed by atoms with E-state index in [0.29, 0.717) is 5.56 Å².